The number of aliphatic hydroxyl groups excluding tert-OH is 1. The normalized spacial score (nSPS) is 29.6. The molecule has 0 spiro atoms. The summed E-state index contributed by atoms with van der Waals surface area (Å²) in [6.45, 7) is 10.0. The van der Waals surface area contributed by atoms with Crippen LogP contribution in [-0.4, -0.2) is 61.3 Å². The lowest BCUT2D eigenvalue weighted by Crippen LogP contribution is -2.24. The second-order valence-corrected chi connectivity index (χ2v) is 5.89. The van der Waals surface area contributed by atoms with Crippen molar-refractivity contribution in [1.29, 1.82) is 0 Å². The van der Waals surface area contributed by atoms with E-state index in [0.717, 1.165) is 0 Å². The quantitative estimate of drug-likeness (QED) is 0.773. The van der Waals surface area contributed by atoms with Crippen molar-refractivity contribution in [3.05, 3.63) is 0 Å². The Morgan fingerprint density at radius 3 is 1.86 bits per heavy atom. The van der Waals surface area contributed by atoms with Crippen LogP contribution in [0.25, 0.3) is 0 Å². The summed E-state index contributed by atoms with van der Waals surface area (Å²) >= 11 is 0. The SMILES string of the molecule is CC(=O)OCC1COC(C)(C)O1.CC1(C)OCC(CO)O1. The molecule has 0 amide bonds. The van der Waals surface area contributed by atoms with E-state index < -0.39 is 11.6 Å². The van der Waals surface area contributed by atoms with Crippen LogP contribution in [-0.2, 0) is 28.5 Å². The van der Waals surface area contributed by atoms with Gasteiger partial charge in [-0.3, -0.25) is 4.79 Å². The van der Waals surface area contributed by atoms with E-state index in [4.69, 9.17) is 28.8 Å². The molecular formula is C14H26O7. The monoisotopic (exact) mass is 306 g/mol. The van der Waals surface area contributed by atoms with Crippen molar-refractivity contribution in [1.82, 2.24) is 0 Å². The van der Waals surface area contributed by atoms with Crippen LogP contribution in [0.5, 0.6) is 0 Å². The number of hydrogen-bond donors (Lipinski definition) is 1. The zero-order chi connectivity index (χ0) is 16.1. The number of carbonyl (C=O) groups is 1. The molecule has 2 aliphatic heterocycles. The number of aliphatic hydroxyl groups is 1. The Hall–Kier alpha value is -0.730. The van der Waals surface area contributed by atoms with Gasteiger partial charge in [0.1, 0.15) is 18.8 Å². The molecule has 2 atom stereocenters. The fourth-order valence-corrected chi connectivity index (χ4v) is 1.91. The van der Waals surface area contributed by atoms with Crippen molar-refractivity contribution in [2.75, 3.05) is 26.4 Å². The molecule has 0 bridgehead atoms. The first-order valence-corrected chi connectivity index (χ1v) is 7.01. The Balaban J connectivity index is 0.000000219. The van der Waals surface area contributed by atoms with Crippen LogP contribution in [0.4, 0.5) is 0 Å². The van der Waals surface area contributed by atoms with E-state index in [1.54, 1.807) is 0 Å². The summed E-state index contributed by atoms with van der Waals surface area (Å²) in [6, 6.07) is 0. The van der Waals surface area contributed by atoms with Crippen molar-refractivity contribution < 1.29 is 33.6 Å². The fourth-order valence-electron chi connectivity index (χ4n) is 1.91. The Morgan fingerprint density at radius 1 is 1.10 bits per heavy atom. The first kappa shape index (κ1) is 18.3. The van der Waals surface area contributed by atoms with Crippen LogP contribution < -0.4 is 0 Å². The maximum absolute atomic E-state index is 10.4. The smallest absolute Gasteiger partial charge is 0.302 e. The maximum Gasteiger partial charge on any atom is 0.302 e. The number of hydrogen-bond acceptors (Lipinski definition) is 7. The molecular weight excluding hydrogens is 280 g/mol. The summed E-state index contributed by atoms with van der Waals surface area (Å²) in [6.07, 6.45) is -0.246. The van der Waals surface area contributed by atoms with E-state index in [1.807, 2.05) is 27.7 Å². The molecule has 2 unspecified atom stereocenters. The van der Waals surface area contributed by atoms with Crippen LogP contribution >= 0.6 is 0 Å². The molecule has 2 rings (SSSR count). The fraction of sp³-hybridized carbons (Fsp3) is 0.929. The van der Waals surface area contributed by atoms with Crippen molar-refractivity contribution in [2.45, 2.75) is 58.4 Å². The lowest BCUT2D eigenvalue weighted by molar-refractivity contribution is -0.156. The van der Waals surface area contributed by atoms with Crippen molar-refractivity contribution in [3.8, 4) is 0 Å². The summed E-state index contributed by atoms with van der Waals surface area (Å²) in [7, 11) is 0. The minimum absolute atomic E-state index is 0.0451. The van der Waals surface area contributed by atoms with Gasteiger partial charge in [-0.05, 0) is 27.7 Å². The topological polar surface area (TPSA) is 83.5 Å². The van der Waals surface area contributed by atoms with Crippen molar-refractivity contribution >= 4 is 5.97 Å². The highest BCUT2D eigenvalue weighted by molar-refractivity contribution is 5.65. The van der Waals surface area contributed by atoms with Crippen LogP contribution in [0.3, 0.4) is 0 Å². The van der Waals surface area contributed by atoms with E-state index in [0.29, 0.717) is 13.2 Å². The minimum Gasteiger partial charge on any atom is -0.463 e. The van der Waals surface area contributed by atoms with Gasteiger partial charge in [-0.15, -0.1) is 0 Å². The van der Waals surface area contributed by atoms with Gasteiger partial charge in [0.05, 0.1) is 19.8 Å². The predicted octanol–water partition coefficient (Wildman–Crippen LogP) is 0.831. The molecule has 0 radical (unpaired) electrons. The van der Waals surface area contributed by atoms with Gasteiger partial charge in [0, 0.05) is 6.92 Å². The average Bonchev–Trinajstić information content (AvgIpc) is 2.89. The summed E-state index contributed by atoms with van der Waals surface area (Å²) in [5.74, 6) is -1.32. The molecule has 7 nitrogen and oxygen atoms in total. The average molecular weight is 306 g/mol. The van der Waals surface area contributed by atoms with Crippen molar-refractivity contribution in [3.63, 3.8) is 0 Å². The maximum atomic E-state index is 10.4. The molecule has 21 heavy (non-hydrogen) atoms. The van der Waals surface area contributed by atoms with E-state index >= 15 is 0 Å². The molecule has 2 fully saturated rings. The molecule has 2 saturated heterocycles. The zero-order valence-corrected chi connectivity index (χ0v) is 13.4. The summed E-state index contributed by atoms with van der Waals surface area (Å²) in [5, 5.41) is 8.59. The second-order valence-electron chi connectivity index (χ2n) is 5.89. The molecule has 0 aliphatic carbocycles. The van der Waals surface area contributed by atoms with Gasteiger partial charge in [-0.1, -0.05) is 0 Å². The third-order valence-electron chi connectivity index (χ3n) is 2.81. The number of rotatable bonds is 3. The largest absolute Gasteiger partial charge is 0.463 e. The number of ether oxygens (including phenoxy) is 5. The molecule has 2 heterocycles. The van der Waals surface area contributed by atoms with Crippen LogP contribution in [0.15, 0.2) is 0 Å². The molecule has 0 aromatic heterocycles. The molecule has 7 heteroatoms. The van der Waals surface area contributed by atoms with E-state index in [-0.39, 0.29) is 31.4 Å². The van der Waals surface area contributed by atoms with Gasteiger partial charge in [-0.2, -0.15) is 0 Å². The highest BCUT2D eigenvalue weighted by Gasteiger charge is 2.33. The van der Waals surface area contributed by atoms with Crippen molar-refractivity contribution in [2.24, 2.45) is 0 Å². The highest BCUT2D eigenvalue weighted by atomic mass is 16.8. The summed E-state index contributed by atoms with van der Waals surface area (Å²) < 4.78 is 25.8. The van der Waals surface area contributed by atoms with Crippen LogP contribution in [0.2, 0.25) is 0 Å². The zero-order valence-electron chi connectivity index (χ0n) is 13.4. The molecule has 1 N–H and O–H groups in total. The van der Waals surface area contributed by atoms with E-state index in [1.165, 1.54) is 6.92 Å². The van der Waals surface area contributed by atoms with Gasteiger partial charge in [0.25, 0.3) is 0 Å². The molecule has 124 valence electrons. The third kappa shape index (κ3) is 7.19. The highest BCUT2D eigenvalue weighted by Crippen LogP contribution is 2.22. The van der Waals surface area contributed by atoms with Crippen LogP contribution in [0.1, 0.15) is 34.6 Å². The Labute approximate surface area is 125 Å². The van der Waals surface area contributed by atoms with Crippen LogP contribution in [0, 0.1) is 0 Å². The van der Waals surface area contributed by atoms with Gasteiger partial charge >= 0.3 is 5.97 Å². The Morgan fingerprint density at radius 2 is 1.57 bits per heavy atom. The van der Waals surface area contributed by atoms with Gasteiger partial charge in [-0.25, -0.2) is 0 Å². The van der Waals surface area contributed by atoms with E-state index in [9.17, 15) is 4.79 Å². The predicted molar refractivity (Wildman–Crippen MR) is 73.5 cm³/mol. The summed E-state index contributed by atoms with van der Waals surface area (Å²) in [5.41, 5.74) is 0. The third-order valence-corrected chi connectivity index (χ3v) is 2.81. The van der Waals surface area contributed by atoms with Gasteiger partial charge < -0.3 is 28.8 Å². The first-order valence-electron chi connectivity index (χ1n) is 7.01. The Kier molecular flexibility index (Phi) is 6.55. The first-order chi connectivity index (χ1) is 9.63. The van der Waals surface area contributed by atoms with E-state index in [2.05, 4.69) is 0 Å². The molecule has 0 saturated carbocycles. The molecule has 0 aromatic rings. The lowest BCUT2D eigenvalue weighted by atomic mass is 10.4. The number of esters is 1. The lowest BCUT2D eigenvalue weighted by Gasteiger charge is -2.16. The minimum atomic E-state index is -0.537. The number of carbonyl (C=O) groups excluding carboxylic acids is 1. The Bertz CT molecular complexity index is 340. The summed E-state index contributed by atoms with van der Waals surface area (Å²) in [4.78, 5) is 10.4. The van der Waals surface area contributed by atoms with Gasteiger partial charge in [0.2, 0.25) is 0 Å². The molecule has 0 aromatic carbocycles. The standard InChI is InChI=1S/C8H14O4.C6H12O3/c1-6(9)10-4-7-5-11-8(2,3)12-7;1-6(2)8-4-5(3-7)9-6/h7H,4-5H2,1-3H3;5,7H,3-4H2,1-2H3. The molecule has 2 aliphatic rings. The van der Waals surface area contributed by atoms with Gasteiger partial charge in [0.15, 0.2) is 11.6 Å². The second kappa shape index (κ2) is 7.51.